The Morgan fingerprint density at radius 3 is 2.74 bits per heavy atom. The number of benzene rings is 1. The van der Waals surface area contributed by atoms with E-state index in [2.05, 4.69) is 15.6 Å². The predicted molar refractivity (Wildman–Crippen MR) is 93.8 cm³/mol. The zero-order valence-corrected chi connectivity index (χ0v) is 14.6. The molecule has 1 heterocycles. The number of rotatable bonds is 5. The second-order valence-electron chi connectivity index (χ2n) is 5.47. The largest absolute Gasteiger partial charge is 0.348 e. The van der Waals surface area contributed by atoms with E-state index in [1.165, 1.54) is 18.3 Å². The lowest BCUT2D eigenvalue weighted by Crippen LogP contribution is -2.32. The van der Waals surface area contributed by atoms with Gasteiger partial charge in [0.2, 0.25) is 5.91 Å². The highest BCUT2D eigenvalue weighted by Gasteiger charge is 2.17. The average Bonchev–Trinajstić information content (AvgIpc) is 2.88. The van der Waals surface area contributed by atoms with Crippen molar-refractivity contribution in [1.82, 2.24) is 10.3 Å². The lowest BCUT2D eigenvalue weighted by molar-refractivity contribution is -0.114. The van der Waals surface area contributed by atoms with Crippen molar-refractivity contribution in [1.29, 1.82) is 0 Å². The zero-order valence-electron chi connectivity index (χ0n) is 13.8. The third-order valence-corrected chi connectivity index (χ3v) is 4.45. The van der Waals surface area contributed by atoms with Crippen LogP contribution < -0.4 is 10.6 Å². The van der Waals surface area contributed by atoms with Crippen LogP contribution in [0.2, 0.25) is 0 Å². The minimum atomic E-state index is -0.141. The molecule has 2 rings (SSSR count). The van der Waals surface area contributed by atoms with Gasteiger partial charge >= 0.3 is 0 Å². The molecule has 0 saturated carbocycles. The number of amides is 2. The number of nitrogens with zero attached hydrogens (tertiary/aromatic N) is 1. The Morgan fingerprint density at radius 2 is 2.09 bits per heavy atom. The minimum Gasteiger partial charge on any atom is -0.348 e. The first-order valence-electron chi connectivity index (χ1n) is 7.57. The van der Waals surface area contributed by atoms with Gasteiger partial charge in [0.15, 0.2) is 0 Å². The van der Waals surface area contributed by atoms with Crippen LogP contribution in [0.1, 0.15) is 42.6 Å². The molecule has 0 bridgehead atoms. The van der Waals surface area contributed by atoms with Crippen LogP contribution in [-0.2, 0) is 4.79 Å². The van der Waals surface area contributed by atoms with Crippen LogP contribution in [0, 0.1) is 6.92 Å². The standard InChI is InChI=1S/C17H21N3O2S/c1-5-10(2)18-16(22)15-11(3)23-17(20-15)13-7-6-8-14(9-13)19-12(4)21/h6-10H,5H2,1-4H3,(H,18,22)(H,19,21). The van der Waals surface area contributed by atoms with Crippen molar-refractivity contribution in [3.63, 3.8) is 0 Å². The molecule has 2 N–H and O–H groups in total. The van der Waals surface area contributed by atoms with Crippen molar-refractivity contribution >= 4 is 28.8 Å². The smallest absolute Gasteiger partial charge is 0.271 e. The lowest BCUT2D eigenvalue weighted by atomic mass is 10.2. The molecule has 0 radical (unpaired) electrons. The molecule has 1 aromatic carbocycles. The molecule has 6 heteroatoms. The van der Waals surface area contributed by atoms with Crippen molar-refractivity contribution in [2.24, 2.45) is 0 Å². The fourth-order valence-corrected chi connectivity index (χ4v) is 2.96. The number of thiazole rings is 1. The van der Waals surface area contributed by atoms with Crippen molar-refractivity contribution < 1.29 is 9.59 Å². The molecule has 5 nitrogen and oxygen atoms in total. The van der Waals surface area contributed by atoms with Gasteiger partial charge < -0.3 is 10.6 Å². The topological polar surface area (TPSA) is 71.1 Å². The average molecular weight is 331 g/mol. The van der Waals surface area contributed by atoms with Crippen LogP contribution in [0.15, 0.2) is 24.3 Å². The first kappa shape index (κ1) is 17.1. The molecule has 0 aliphatic carbocycles. The van der Waals surface area contributed by atoms with Crippen LogP contribution in [0.3, 0.4) is 0 Å². The molecular formula is C17H21N3O2S. The lowest BCUT2D eigenvalue weighted by Gasteiger charge is -2.09. The van der Waals surface area contributed by atoms with Gasteiger partial charge in [0.1, 0.15) is 10.7 Å². The number of carbonyl (C=O) groups is 2. The Bertz CT molecular complexity index is 724. The molecule has 0 saturated heterocycles. The van der Waals surface area contributed by atoms with Crippen molar-refractivity contribution in [2.75, 3.05) is 5.32 Å². The number of nitrogens with one attached hydrogen (secondary N) is 2. The van der Waals surface area contributed by atoms with Crippen LogP contribution >= 0.6 is 11.3 Å². The normalized spacial score (nSPS) is 11.8. The highest BCUT2D eigenvalue weighted by atomic mass is 32.1. The van der Waals surface area contributed by atoms with Gasteiger partial charge in [-0.15, -0.1) is 11.3 Å². The van der Waals surface area contributed by atoms with E-state index in [1.54, 1.807) is 0 Å². The third kappa shape index (κ3) is 4.39. The Labute approximate surface area is 140 Å². The maximum Gasteiger partial charge on any atom is 0.271 e. The molecule has 0 spiro atoms. The number of hydrogen-bond acceptors (Lipinski definition) is 4. The SMILES string of the molecule is CCC(C)NC(=O)c1nc(-c2cccc(NC(C)=O)c2)sc1C. The summed E-state index contributed by atoms with van der Waals surface area (Å²) in [5.41, 5.74) is 2.07. The summed E-state index contributed by atoms with van der Waals surface area (Å²) in [5.74, 6) is -0.261. The summed E-state index contributed by atoms with van der Waals surface area (Å²) in [4.78, 5) is 28.8. The van der Waals surface area contributed by atoms with Gasteiger partial charge in [-0.05, 0) is 32.4 Å². The van der Waals surface area contributed by atoms with E-state index in [1.807, 2.05) is 45.0 Å². The molecule has 1 unspecified atom stereocenters. The first-order chi connectivity index (χ1) is 10.9. The molecule has 2 aromatic rings. The Balaban J connectivity index is 2.27. The van der Waals surface area contributed by atoms with E-state index in [-0.39, 0.29) is 17.9 Å². The van der Waals surface area contributed by atoms with Crippen molar-refractivity contribution in [2.45, 2.75) is 40.2 Å². The highest BCUT2D eigenvalue weighted by molar-refractivity contribution is 7.15. The maximum atomic E-state index is 12.3. The second kappa shape index (κ2) is 7.37. The van der Waals surface area contributed by atoms with Gasteiger partial charge in [-0.1, -0.05) is 19.1 Å². The van der Waals surface area contributed by atoms with E-state index in [0.717, 1.165) is 21.9 Å². The van der Waals surface area contributed by atoms with Gasteiger partial charge in [0, 0.05) is 29.1 Å². The van der Waals surface area contributed by atoms with Crippen LogP contribution in [0.5, 0.6) is 0 Å². The fourth-order valence-electron chi connectivity index (χ4n) is 2.06. The van der Waals surface area contributed by atoms with Gasteiger partial charge in [-0.3, -0.25) is 9.59 Å². The van der Waals surface area contributed by atoms with Gasteiger partial charge in [-0.25, -0.2) is 4.98 Å². The summed E-state index contributed by atoms with van der Waals surface area (Å²) in [7, 11) is 0. The quantitative estimate of drug-likeness (QED) is 0.879. The molecule has 2 amide bonds. The highest BCUT2D eigenvalue weighted by Crippen LogP contribution is 2.29. The molecule has 0 fully saturated rings. The molecule has 1 atom stereocenters. The second-order valence-corrected chi connectivity index (χ2v) is 6.67. The van der Waals surface area contributed by atoms with E-state index >= 15 is 0 Å². The molecule has 1 aromatic heterocycles. The molecule has 122 valence electrons. The number of anilines is 1. The summed E-state index contributed by atoms with van der Waals surface area (Å²) in [6, 6.07) is 7.57. The maximum absolute atomic E-state index is 12.3. The van der Waals surface area contributed by atoms with E-state index in [9.17, 15) is 9.59 Å². The predicted octanol–water partition coefficient (Wildman–Crippen LogP) is 3.61. The number of aryl methyl sites for hydroxylation is 1. The van der Waals surface area contributed by atoms with E-state index in [4.69, 9.17) is 0 Å². The summed E-state index contributed by atoms with van der Waals surface area (Å²) >= 11 is 1.47. The van der Waals surface area contributed by atoms with Gasteiger partial charge in [0.05, 0.1) is 0 Å². The number of aromatic nitrogens is 1. The number of hydrogen-bond donors (Lipinski definition) is 2. The van der Waals surface area contributed by atoms with E-state index < -0.39 is 0 Å². The fraction of sp³-hybridized carbons (Fsp3) is 0.353. The van der Waals surface area contributed by atoms with Crippen molar-refractivity contribution in [3.05, 3.63) is 34.8 Å². The van der Waals surface area contributed by atoms with Crippen LogP contribution in [-0.4, -0.2) is 22.8 Å². The van der Waals surface area contributed by atoms with Gasteiger partial charge in [0.25, 0.3) is 5.91 Å². The molecule has 0 aliphatic heterocycles. The van der Waals surface area contributed by atoms with Gasteiger partial charge in [-0.2, -0.15) is 0 Å². The van der Waals surface area contributed by atoms with Crippen molar-refractivity contribution in [3.8, 4) is 10.6 Å². The van der Waals surface area contributed by atoms with E-state index in [0.29, 0.717) is 11.4 Å². The Morgan fingerprint density at radius 1 is 1.35 bits per heavy atom. The Kier molecular flexibility index (Phi) is 5.50. The zero-order chi connectivity index (χ0) is 17.0. The summed E-state index contributed by atoms with van der Waals surface area (Å²) in [5, 5.41) is 6.46. The monoisotopic (exact) mass is 331 g/mol. The molecular weight excluding hydrogens is 310 g/mol. The first-order valence-corrected chi connectivity index (χ1v) is 8.38. The van der Waals surface area contributed by atoms with Crippen LogP contribution in [0.4, 0.5) is 5.69 Å². The summed E-state index contributed by atoms with van der Waals surface area (Å²) in [6.45, 7) is 7.36. The third-order valence-electron chi connectivity index (χ3n) is 3.43. The molecule has 23 heavy (non-hydrogen) atoms. The summed E-state index contributed by atoms with van der Waals surface area (Å²) in [6.07, 6.45) is 0.876. The van der Waals surface area contributed by atoms with Crippen LogP contribution in [0.25, 0.3) is 10.6 Å². The Hall–Kier alpha value is -2.21. The molecule has 0 aliphatic rings. The summed E-state index contributed by atoms with van der Waals surface area (Å²) < 4.78 is 0. The number of carbonyl (C=O) groups excluding carboxylic acids is 2. The minimum absolute atomic E-state index is 0.119.